The standard InChI is InChI=1S/C13H14ClFN2O4S/c1-13(9-4-3-8(15)7-10(9)14)11(18)17(12(19)16-13)5-6-22(2,20)21/h3-4,7H,5-6H2,1-2H3,(H,16,19). The number of nitrogens with zero attached hydrogens (tertiary/aromatic N) is 1. The third kappa shape index (κ3) is 3.07. The second kappa shape index (κ2) is 5.51. The SMILES string of the molecule is CC1(c2ccc(F)cc2Cl)NC(=O)N(CCS(C)(=O)=O)C1=O. The fourth-order valence-corrected chi connectivity index (χ4v) is 3.11. The first-order valence-electron chi connectivity index (χ1n) is 6.32. The number of sulfone groups is 1. The van der Waals surface area contributed by atoms with Gasteiger partial charge in [0, 0.05) is 23.4 Å². The van der Waals surface area contributed by atoms with E-state index in [9.17, 15) is 22.4 Å². The van der Waals surface area contributed by atoms with Gasteiger partial charge in [0.1, 0.15) is 21.2 Å². The maximum atomic E-state index is 13.1. The van der Waals surface area contributed by atoms with Crippen molar-refractivity contribution in [3.8, 4) is 0 Å². The summed E-state index contributed by atoms with van der Waals surface area (Å²) in [5.74, 6) is -1.53. The quantitative estimate of drug-likeness (QED) is 0.831. The molecule has 9 heteroatoms. The highest BCUT2D eigenvalue weighted by atomic mass is 35.5. The van der Waals surface area contributed by atoms with Crippen molar-refractivity contribution in [3.05, 3.63) is 34.6 Å². The minimum Gasteiger partial charge on any atom is -0.319 e. The average Bonchev–Trinajstić information content (AvgIpc) is 2.57. The molecule has 0 aliphatic carbocycles. The van der Waals surface area contributed by atoms with Crippen LogP contribution in [0.2, 0.25) is 5.02 Å². The van der Waals surface area contributed by atoms with Crippen molar-refractivity contribution < 1.29 is 22.4 Å². The summed E-state index contributed by atoms with van der Waals surface area (Å²) in [5.41, 5.74) is -1.21. The number of hydrogen-bond acceptors (Lipinski definition) is 4. The summed E-state index contributed by atoms with van der Waals surface area (Å²) in [5, 5.41) is 2.48. The largest absolute Gasteiger partial charge is 0.325 e. The van der Waals surface area contributed by atoms with Crippen LogP contribution in [0.1, 0.15) is 12.5 Å². The van der Waals surface area contributed by atoms with Crippen LogP contribution in [0.3, 0.4) is 0 Å². The monoisotopic (exact) mass is 348 g/mol. The van der Waals surface area contributed by atoms with Crippen LogP contribution in [0.25, 0.3) is 0 Å². The summed E-state index contributed by atoms with van der Waals surface area (Å²) in [6.45, 7) is 1.19. The van der Waals surface area contributed by atoms with Gasteiger partial charge in [-0.15, -0.1) is 0 Å². The van der Waals surface area contributed by atoms with Crippen molar-refractivity contribution in [2.75, 3.05) is 18.6 Å². The molecule has 1 saturated heterocycles. The molecule has 1 atom stereocenters. The van der Waals surface area contributed by atoms with Crippen LogP contribution in [0.4, 0.5) is 9.18 Å². The molecule has 1 N–H and O–H groups in total. The smallest absolute Gasteiger partial charge is 0.319 e. The molecule has 1 aromatic rings. The van der Waals surface area contributed by atoms with Crippen LogP contribution in [-0.2, 0) is 20.2 Å². The summed E-state index contributed by atoms with van der Waals surface area (Å²) in [6, 6.07) is 2.78. The van der Waals surface area contributed by atoms with Crippen LogP contribution >= 0.6 is 11.6 Å². The van der Waals surface area contributed by atoms with Crippen molar-refractivity contribution in [2.24, 2.45) is 0 Å². The van der Waals surface area contributed by atoms with Gasteiger partial charge in [0.25, 0.3) is 5.91 Å². The first-order chi connectivity index (χ1) is 10.0. The molecule has 1 fully saturated rings. The Labute approximate surface area is 132 Å². The zero-order valence-corrected chi connectivity index (χ0v) is 13.5. The summed E-state index contributed by atoms with van der Waals surface area (Å²) >= 11 is 5.95. The summed E-state index contributed by atoms with van der Waals surface area (Å²) in [4.78, 5) is 25.3. The van der Waals surface area contributed by atoms with Gasteiger partial charge in [-0.3, -0.25) is 9.69 Å². The molecule has 1 aliphatic rings. The van der Waals surface area contributed by atoms with Gasteiger partial charge in [0.2, 0.25) is 0 Å². The lowest BCUT2D eigenvalue weighted by molar-refractivity contribution is -0.130. The van der Waals surface area contributed by atoms with E-state index in [0.717, 1.165) is 23.3 Å². The Kier molecular flexibility index (Phi) is 4.18. The Morgan fingerprint density at radius 1 is 1.36 bits per heavy atom. The van der Waals surface area contributed by atoms with E-state index in [1.807, 2.05) is 0 Å². The molecule has 0 spiro atoms. The zero-order chi connectivity index (χ0) is 16.7. The van der Waals surface area contributed by atoms with E-state index < -0.39 is 33.1 Å². The van der Waals surface area contributed by atoms with Crippen LogP contribution in [0, 0.1) is 5.82 Å². The number of carbonyl (C=O) groups excluding carboxylic acids is 2. The molecule has 1 aliphatic heterocycles. The number of urea groups is 1. The Balaban J connectivity index is 2.33. The van der Waals surface area contributed by atoms with Crippen LogP contribution < -0.4 is 5.32 Å². The molecule has 0 aromatic heterocycles. The first kappa shape index (κ1) is 16.7. The second-order valence-electron chi connectivity index (χ2n) is 5.27. The second-order valence-corrected chi connectivity index (χ2v) is 7.93. The Morgan fingerprint density at radius 2 is 2.00 bits per heavy atom. The van der Waals surface area contributed by atoms with Gasteiger partial charge < -0.3 is 5.32 Å². The topological polar surface area (TPSA) is 83.6 Å². The molecule has 3 amide bonds. The predicted octanol–water partition coefficient (Wildman–Crippen LogP) is 1.29. The first-order valence-corrected chi connectivity index (χ1v) is 8.76. The maximum Gasteiger partial charge on any atom is 0.325 e. The third-order valence-corrected chi connectivity index (χ3v) is 4.67. The number of rotatable bonds is 4. The number of nitrogens with one attached hydrogen (secondary N) is 1. The molecule has 0 saturated carbocycles. The van der Waals surface area contributed by atoms with Gasteiger partial charge in [-0.05, 0) is 19.1 Å². The average molecular weight is 349 g/mol. The van der Waals surface area contributed by atoms with E-state index in [-0.39, 0.29) is 22.9 Å². The molecule has 1 aromatic carbocycles. The van der Waals surface area contributed by atoms with Gasteiger partial charge in [-0.2, -0.15) is 0 Å². The lowest BCUT2D eigenvalue weighted by Crippen LogP contribution is -2.41. The van der Waals surface area contributed by atoms with Crippen LogP contribution in [-0.4, -0.2) is 43.8 Å². The zero-order valence-electron chi connectivity index (χ0n) is 11.9. The van der Waals surface area contributed by atoms with Crippen molar-refractivity contribution in [1.29, 1.82) is 0 Å². The Bertz CT molecular complexity index is 752. The molecular formula is C13H14ClFN2O4S. The van der Waals surface area contributed by atoms with E-state index >= 15 is 0 Å². The lowest BCUT2D eigenvalue weighted by atomic mass is 9.92. The number of amides is 3. The number of benzene rings is 1. The molecule has 1 heterocycles. The summed E-state index contributed by atoms with van der Waals surface area (Å²) < 4.78 is 35.5. The predicted molar refractivity (Wildman–Crippen MR) is 78.7 cm³/mol. The Hall–Kier alpha value is -1.67. The summed E-state index contributed by atoms with van der Waals surface area (Å²) in [7, 11) is -3.32. The van der Waals surface area contributed by atoms with Crippen LogP contribution in [0.15, 0.2) is 18.2 Å². The molecule has 0 radical (unpaired) electrons. The van der Waals surface area contributed by atoms with Gasteiger partial charge in [-0.1, -0.05) is 17.7 Å². The van der Waals surface area contributed by atoms with Crippen molar-refractivity contribution in [1.82, 2.24) is 10.2 Å². The fourth-order valence-electron chi connectivity index (χ4n) is 2.23. The minimum absolute atomic E-state index is 0.00103. The van der Waals surface area contributed by atoms with Crippen molar-refractivity contribution in [3.63, 3.8) is 0 Å². The lowest BCUT2D eigenvalue weighted by Gasteiger charge is -2.23. The fraction of sp³-hybridized carbons (Fsp3) is 0.385. The van der Waals surface area contributed by atoms with E-state index in [4.69, 9.17) is 11.6 Å². The van der Waals surface area contributed by atoms with Gasteiger partial charge in [-0.25, -0.2) is 17.6 Å². The van der Waals surface area contributed by atoms with E-state index in [1.54, 1.807) is 0 Å². The van der Waals surface area contributed by atoms with Gasteiger partial charge >= 0.3 is 6.03 Å². The molecule has 0 bridgehead atoms. The Morgan fingerprint density at radius 3 is 2.55 bits per heavy atom. The highest BCUT2D eigenvalue weighted by Gasteiger charge is 2.49. The van der Waals surface area contributed by atoms with Gasteiger partial charge in [0.05, 0.1) is 5.75 Å². The van der Waals surface area contributed by atoms with E-state index in [2.05, 4.69) is 5.32 Å². The highest BCUT2D eigenvalue weighted by Crippen LogP contribution is 2.33. The summed E-state index contributed by atoms with van der Waals surface area (Å²) in [6.07, 6.45) is 1.02. The third-order valence-electron chi connectivity index (χ3n) is 3.43. The molecule has 2 rings (SSSR count). The molecule has 22 heavy (non-hydrogen) atoms. The molecule has 120 valence electrons. The molecular weight excluding hydrogens is 335 g/mol. The normalized spacial score (nSPS) is 22.1. The molecule has 1 unspecified atom stereocenters. The van der Waals surface area contributed by atoms with E-state index in [1.165, 1.54) is 13.0 Å². The van der Waals surface area contributed by atoms with E-state index in [0.29, 0.717) is 0 Å². The number of imide groups is 1. The number of halogens is 2. The minimum atomic E-state index is -3.32. The highest BCUT2D eigenvalue weighted by molar-refractivity contribution is 7.90. The number of hydrogen-bond donors (Lipinski definition) is 1. The van der Waals surface area contributed by atoms with Gasteiger partial charge in [0.15, 0.2) is 0 Å². The van der Waals surface area contributed by atoms with Crippen molar-refractivity contribution in [2.45, 2.75) is 12.5 Å². The number of carbonyl (C=O) groups is 2. The maximum absolute atomic E-state index is 13.1. The van der Waals surface area contributed by atoms with Crippen LogP contribution in [0.5, 0.6) is 0 Å². The molecule has 6 nitrogen and oxygen atoms in total. The van der Waals surface area contributed by atoms with Crippen molar-refractivity contribution >= 4 is 33.4 Å².